The van der Waals surface area contributed by atoms with E-state index in [4.69, 9.17) is 18.0 Å². The van der Waals surface area contributed by atoms with E-state index in [0.29, 0.717) is 11.3 Å². The molecule has 0 fully saturated rings. The third-order valence-electron chi connectivity index (χ3n) is 2.15. The van der Waals surface area contributed by atoms with E-state index < -0.39 is 5.41 Å². The molecule has 0 aliphatic heterocycles. The number of nitrogens with two attached hydrogens (primary N) is 1. The molecule has 0 bridgehead atoms. The summed E-state index contributed by atoms with van der Waals surface area (Å²) in [6, 6.07) is 0. The Morgan fingerprint density at radius 2 is 2.29 bits per heavy atom. The monoisotopic (exact) mass is 213 g/mol. The highest BCUT2D eigenvalue weighted by Gasteiger charge is 2.25. The van der Waals surface area contributed by atoms with Crippen molar-refractivity contribution < 1.29 is 4.79 Å². The second-order valence-electron chi connectivity index (χ2n) is 4.12. The lowest BCUT2D eigenvalue weighted by Crippen LogP contribution is -2.35. The summed E-state index contributed by atoms with van der Waals surface area (Å²) in [5.74, 6) is -0.321. The predicted octanol–water partition coefficient (Wildman–Crippen LogP) is 1.37. The van der Waals surface area contributed by atoms with E-state index in [1.807, 2.05) is 17.7 Å². The molecule has 0 aliphatic carbocycles. The smallest absolute Gasteiger partial charge is 0.224 e. The van der Waals surface area contributed by atoms with Gasteiger partial charge in [0.25, 0.3) is 0 Å². The lowest BCUT2D eigenvalue weighted by Gasteiger charge is -2.20. The molecular formula is C9H15N3OS. The summed E-state index contributed by atoms with van der Waals surface area (Å²) >= 11 is 5.08. The number of hydrogen-bond acceptors (Lipinski definition) is 2. The second kappa shape index (κ2) is 3.57. The number of H-pyrrole nitrogens is 1. The number of aromatic amines is 1. The Balaban J connectivity index is 2.94. The number of nitrogens with one attached hydrogen (secondary N) is 1. The number of amides is 1. The molecule has 14 heavy (non-hydrogen) atoms. The van der Waals surface area contributed by atoms with E-state index >= 15 is 0 Å². The van der Waals surface area contributed by atoms with Gasteiger partial charge in [-0.2, -0.15) is 0 Å². The Morgan fingerprint density at radius 3 is 2.64 bits per heavy atom. The average molecular weight is 213 g/mol. The summed E-state index contributed by atoms with van der Waals surface area (Å²) < 4.78 is 2.45. The van der Waals surface area contributed by atoms with Gasteiger partial charge >= 0.3 is 0 Å². The second-order valence-corrected chi connectivity index (χ2v) is 4.50. The molecule has 0 saturated carbocycles. The summed E-state index contributed by atoms with van der Waals surface area (Å²) in [7, 11) is 0. The minimum Gasteiger partial charge on any atom is -0.369 e. The van der Waals surface area contributed by atoms with Crippen molar-refractivity contribution in [2.75, 3.05) is 0 Å². The van der Waals surface area contributed by atoms with Gasteiger partial charge in [-0.1, -0.05) is 0 Å². The number of nitrogens with zero attached hydrogens (tertiary/aromatic N) is 1. The molecule has 4 nitrogen and oxygen atoms in total. The van der Waals surface area contributed by atoms with Crippen LogP contribution < -0.4 is 5.73 Å². The normalized spacial score (nSPS) is 11.6. The summed E-state index contributed by atoms with van der Waals surface area (Å²) in [6.45, 7) is 6.04. The first kappa shape index (κ1) is 11.0. The zero-order chi connectivity index (χ0) is 10.9. The largest absolute Gasteiger partial charge is 0.369 e. The molecule has 0 atom stereocenters. The van der Waals surface area contributed by atoms with Crippen LogP contribution in [0.15, 0.2) is 6.20 Å². The molecule has 1 heterocycles. The first-order valence-corrected chi connectivity index (χ1v) is 4.80. The topological polar surface area (TPSA) is 63.8 Å². The third-order valence-corrected chi connectivity index (χ3v) is 2.48. The zero-order valence-electron chi connectivity index (χ0n) is 8.63. The molecule has 3 N–H and O–H groups in total. The van der Waals surface area contributed by atoms with Crippen LogP contribution in [0.1, 0.15) is 19.5 Å². The summed E-state index contributed by atoms with van der Waals surface area (Å²) in [6.07, 6.45) is 1.88. The van der Waals surface area contributed by atoms with Gasteiger partial charge < -0.3 is 15.3 Å². The van der Waals surface area contributed by atoms with E-state index in [1.165, 1.54) is 0 Å². The molecular weight excluding hydrogens is 198 g/mol. The minimum absolute atomic E-state index is 0.321. The molecule has 1 aromatic heterocycles. The summed E-state index contributed by atoms with van der Waals surface area (Å²) in [5.41, 5.74) is 5.68. The van der Waals surface area contributed by atoms with E-state index in [9.17, 15) is 4.79 Å². The van der Waals surface area contributed by atoms with Gasteiger partial charge in [-0.05, 0) is 33.0 Å². The number of rotatable bonds is 3. The van der Waals surface area contributed by atoms with Gasteiger partial charge in [0.1, 0.15) is 0 Å². The third kappa shape index (κ3) is 2.23. The van der Waals surface area contributed by atoms with Crippen LogP contribution in [0.2, 0.25) is 0 Å². The lowest BCUT2D eigenvalue weighted by molar-refractivity contribution is -0.126. The van der Waals surface area contributed by atoms with Gasteiger partial charge in [-0.3, -0.25) is 4.79 Å². The van der Waals surface area contributed by atoms with Gasteiger partial charge in [0.2, 0.25) is 5.91 Å². The Bertz CT molecular complexity index is 402. The van der Waals surface area contributed by atoms with E-state index in [-0.39, 0.29) is 5.91 Å². The van der Waals surface area contributed by atoms with Crippen LogP contribution in [0.5, 0.6) is 0 Å². The fourth-order valence-corrected chi connectivity index (χ4v) is 1.46. The van der Waals surface area contributed by atoms with Crippen LogP contribution in [0.3, 0.4) is 0 Å². The Hall–Kier alpha value is -1.10. The van der Waals surface area contributed by atoms with E-state index in [2.05, 4.69) is 4.98 Å². The van der Waals surface area contributed by atoms with Gasteiger partial charge in [-0.25, -0.2) is 0 Å². The molecule has 1 aromatic rings. The van der Waals surface area contributed by atoms with Crippen LogP contribution in [0.25, 0.3) is 0 Å². The highest BCUT2D eigenvalue weighted by Crippen LogP contribution is 2.17. The molecule has 1 rings (SSSR count). The molecule has 0 saturated heterocycles. The molecule has 1 amide bonds. The maximum absolute atomic E-state index is 11.1. The van der Waals surface area contributed by atoms with E-state index in [1.54, 1.807) is 13.8 Å². The Labute approximate surface area is 88.1 Å². The first-order chi connectivity index (χ1) is 6.33. The van der Waals surface area contributed by atoms with Gasteiger partial charge in [0.05, 0.1) is 5.41 Å². The highest BCUT2D eigenvalue weighted by atomic mass is 32.1. The van der Waals surface area contributed by atoms with Crippen molar-refractivity contribution >= 4 is 18.1 Å². The van der Waals surface area contributed by atoms with Gasteiger partial charge in [-0.15, -0.1) is 0 Å². The number of hydrogen-bond donors (Lipinski definition) is 2. The summed E-state index contributed by atoms with van der Waals surface area (Å²) in [4.78, 5) is 14.1. The van der Waals surface area contributed by atoms with Crippen LogP contribution in [0.4, 0.5) is 0 Å². The number of carbonyl (C=O) groups is 1. The molecule has 0 aliphatic rings. The number of carbonyl (C=O) groups excluding carboxylic acids is 1. The number of aryl methyl sites for hydroxylation is 1. The van der Waals surface area contributed by atoms with Crippen molar-refractivity contribution in [1.29, 1.82) is 0 Å². The molecule has 0 spiro atoms. The zero-order valence-corrected chi connectivity index (χ0v) is 9.44. The Morgan fingerprint density at radius 1 is 1.71 bits per heavy atom. The average Bonchev–Trinajstić information content (AvgIpc) is 2.29. The summed E-state index contributed by atoms with van der Waals surface area (Å²) in [5, 5.41) is 0. The maximum Gasteiger partial charge on any atom is 0.224 e. The molecule has 5 heteroatoms. The number of imidazole rings is 1. The Kier molecular flexibility index (Phi) is 2.80. The van der Waals surface area contributed by atoms with E-state index in [0.717, 1.165) is 5.69 Å². The maximum atomic E-state index is 11.1. The fourth-order valence-electron chi connectivity index (χ4n) is 1.19. The minimum atomic E-state index is -0.577. The van der Waals surface area contributed by atoms with Gasteiger partial charge in [0, 0.05) is 18.4 Å². The lowest BCUT2D eigenvalue weighted by atomic mass is 9.93. The predicted molar refractivity (Wildman–Crippen MR) is 57.3 cm³/mol. The van der Waals surface area contributed by atoms with Crippen LogP contribution in [0, 0.1) is 17.1 Å². The molecule has 0 radical (unpaired) electrons. The van der Waals surface area contributed by atoms with Crippen molar-refractivity contribution in [2.24, 2.45) is 11.1 Å². The molecule has 78 valence electrons. The van der Waals surface area contributed by atoms with Crippen LogP contribution >= 0.6 is 12.2 Å². The molecule has 0 unspecified atom stereocenters. The van der Waals surface area contributed by atoms with Gasteiger partial charge in [0.15, 0.2) is 4.77 Å². The fraction of sp³-hybridized carbons (Fsp3) is 0.556. The first-order valence-electron chi connectivity index (χ1n) is 4.39. The van der Waals surface area contributed by atoms with Crippen molar-refractivity contribution in [2.45, 2.75) is 27.3 Å². The number of aromatic nitrogens is 2. The molecule has 0 aromatic carbocycles. The standard InChI is InChI=1S/C9H15N3OS/c1-6-4-12(8(14)11-6)5-9(2,3)7(10)13/h4H,5H2,1-3H3,(H2,10,13)(H,11,14). The van der Waals surface area contributed by atoms with Crippen molar-refractivity contribution in [1.82, 2.24) is 9.55 Å². The van der Waals surface area contributed by atoms with Crippen molar-refractivity contribution in [3.63, 3.8) is 0 Å². The quantitative estimate of drug-likeness (QED) is 0.745. The van der Waals surface area contributed by atoms with Crippen molar-refractivity contribution in [3.8, 4) is 0 Å². The highest BCUT2D eigenvalue weighted by molar-refractivity contribution is 7.71. The van der Waals surface area contributed by atoms with Crippen LogP contribution in [-0.4, -0.2) is 15.5 Å². The SMILES string of the molecule is Cc1cn(CC(C)(C)C(N)=O)c(=S)[nH]1. The van der Waals surface area contributed by atoms with Crippen LogP contribution in [-0.2, 0) is 11.3 Å². The number of primary amides is 1. The van der Waals surface area contributed by atoms with Crippen molar-refractivity contribution in [3.05, 3.63) is 16.7 Å².